The Morgan fingerprint density at radius 1 is 1.12 bits per heavy atom. The Labute approximate surface area is 201 Å². The molecule has 3 aromatic rings. The number of amides is 1. The normalized spacial score (nSPS) is 27.6. The van der Waals surface area contributed by atoms with Gasteiger partial charge in [0.05, 0.1) is 10.8 Å². The molecule has 170 valence electrons. The molecule has 0 aliphatic heterocycles. The molecule has 4 aliphatic carbocycles. The molecule has 4 saturated carbocycles. The fourth-order valence-corrected chi connectivity index (χ4v) is 7.98. The van der Waals surface area contributed by atoms with Crippen LogP contribution in [-0.4, -0.2) is 20.7 Å². The van der Waals surface area contributed by atoms with Gasteiger partial charge < -0.3 is 5.32 Å². The minimum atomic E-state index is -0.295. The van der Waals surface area contributed by atoms with E-state index >= 15 is 0 Å². The van der Waals surface area contributed by atoms with Gasteiger partial charge in [0, 0.05) is 10.9 Å². The molecule has 4 fully saturated rings. The van der Waals surface area contributed by atoms with E-state index in [1.807, 2.05) is 35.7 Å². The summed E-state index contributed by atoms with van der Waals surface area (Å²) in [6.45, 7) is 1.76. The smallest absolute Gasteiger partial charge is 0.281 e. The molecule has 4 bridgehead atoms. The minimum Gasteiger partial charge on any atom is -0.301 e. The van der Waals surface area contributed by atoms with Crippen molar-refractivity contribution in [2.75, 3.05) is 5.43 Å². The zero-order valence-electron chi connectivity index (χ0n) is 18.5. The Bertz CT molecular complexity index is 1290. The molecule has 1 amide bonds. The lowest BCUT2D eigenvalue weighted by molar-refractivity contribution is -0.144. The largest absolute Gasteiger partial charge is 0.301 e. The lowest BCUT2D eigenvalue weighted by atomic mass is 9.49. The van der Waals surface area contributed by atoms with Crippen LogP contribution >= 0.6 is 23.6 Å². The number of aryl methyl sites for hydroxylation is 1. The summed E-state index contributed by atoms with van der Waals surface area (Å²) in [7, 11) is 0. The van der Waals surface area contributed by atoms with Crippen molar-refractivity contribution in [1.82, 2.24) is 15.0 Å². The third-order valence-corrected chi connectivity index (χ3v) is 8.89. The highest BCUT2D eigenvalue weighted by Crippen LogP contribution is 2.60. The van der Waals surface area contributed by atoms with E-state index in [2.05, 4.69) is 15.7 Å². The van der Waals surface area contributed by atoms with Crippen molar-refractivity contribution in [3.63, 3.8) is 0 Å². The number of hydrogen-bond donors (Lipinski definition) is 2. The fourth-order valence-electron chi connectivity index (χ4n) is 6.81. The van der Waals surface area contributed by atoms with Gasteiger partial charge in [-0.25, -0.2) is 9.66 Å². The lowest BCUT2D eigenvalue weighted by Gasteiger charge is -2.55. The monoisotopic (exact) mass is 478 g/mol. The van der Waals surface area contributed by atoms with Gasteiger partial charge in [-0.15, -0.1) is 11.3 Å². The highest BCUT2D eigenvalue weighted by atomic mass is 32.1. The minimum absolute atomic E-state index is 0.0133. The Kier molecular flexibility index (Phi) is 4.92. The second-order valence-electron chi connectivity index (χ2n) is 10.1. The number of carbonyl (C=O) groups excluding carboxylic acids is 1. The van der Waals surface area contributed by atoms with Gasteiger partial charge in [-0.05, 0) is 81.0 Å². The van der Waals surface area contributed by atoms with Gasteiger partial charge in [-0.1, -0.05) is 30.3 Å². The lowest BCUT2D eigenvalue weighted by Crippen LogP contribution is -2.55. The third-order valence-electron chi connectivity index (χ3n) is 7.82. The van der Waals surface area contributed by atoms with Crippen LogP contribution < -0.4 is 16.3 Å². The maximum atomic E-state index is 13.4. The topological polar surface area (TPSA) is 76.0 Å². The highest BCUT2D eigenvalue weighted by Gasteiger charge is 2.54. The van der Waals surface area contributed by atoms with E-state index in [9.17, 15) is 9.59 Å². The molecule has 0 spiro atoms. The molecule has 0 atom stereocenters. The first-order valence-electron chi connectivity index (χ1n) is 11.6. The van der Waals surface area contributed by atoms with E-state index < -0.39 is 0 Å². The van der Waals surface area contributed by atoms with Crippen molar-refractivity contribution >= 4 is 44.8 Å². The first kappa shape index (κ1) is 21.0. The average molecular weight is 479 g/mol. The molecule has 0 unspecified atom stereocenters. The molecule has 7 rings (SSSR count). The van der Waals surface area contributed by atoms with Crippen LogP contribution in [0.15, 0.2) is 40.5 Å². The molecule has 0 saturated heterocycles. The number of rotatable bonds is 3. The molecule has 1 aromatic carbocycles. The van der Waals surface area contributed by atoms with Gasteiger partial charge in [0.25, 0.3) is 5.56 Å². The molecule has 2 heterocycles. The van der Waals surface area contributed by atoms with E-state index in [4.69, 9.17) is 12.2 Å². The van der Waals surface area contributed by atoms with Crippen molar-refractivity contribution in [1.29, 1.82) is 0 Å². The number of benzene rings is 1. The Morgan fingerprint density at radius 2 is 1.76 bits per heavy atom. The van der Waals surface area contributed by atoms with Crippen LogP contribution in [-0.2, 0) is 4.79 Å². The zero-order valence-corrected chi connectivity index (χ0v) is 20.1. The number of hydrogen-bond acceptors (Lipinski definition) is 5. The second kappa shape index (κ2) is 7.74. The Morgan fingerprint density at radius 3 is 2.39 bits per heavy atom. The van der Waals surface area contributed by atoms with Gasteiger partial charge in [0.15, 0.2) is 5.11 Å². The number of aromatic nitrogens is 2. The van der Waals surface area contributed by atoms with E-state index in [1.165, 1.54) is 35.3 Å². The van der Waals surface area contributed by atoms with Crippen molar-refractivity contribution in [2.24, 2.45) is 23.2 Å². The van der Waals surface area contributed by atoms with E-state index in [-0.39, 0.29) is 22.0 Å². The number of thiocarbonyl (C=S) groups is 1. The van der Waals surface area contributed by atoms with Crippen molar-refractivity contribution < 1.29 is 4.79 Å². The molecule has 2 aromatic heterocycles. The first-order chi connectivity index (χ1) is 15.9. The van der Waals surface area contributed by atoms with Crippen LogP contribution in [0, 0.1) is 30.1 Å². The van der Waals surface area contributed by atoms with Crippen LogP contribution in [0.2, 0.25) is 0 Å². The SMILES string of the molecule is Cc1nc2scc(-c3ccccc3)c2c(=O)n1NC(=S)NC(=O)C12CC3CC(CC(C3)C1)C2. The molecule has 2 N–H and O–H groups in total. The number of nitrogens with zero attached hydrogens (tertiary/aromatic N) is 2. The van der Waals surface area contributed by atoms with Crippen LogP contribution in [0.25, 0.3) is 21.3 Å². The molecular formula is C25H26N4O2S2. The van der Waals surface area contributed by atoms with Gasteiger partial charge in [0.1, 0.15) is 10.7 Å². The van der Waals surface area contributed by atoms with E-state index in [0.29, 0.717) is 33.8 Å². The van der Waals surface area contributed by atoms with Gasteiger partial charge in [0.2, 0.25) is 5.91 Å². The van der Waals surface area contributed by atoms with Crippen LogP contribution in [0.1, 0.15) is 44.3 Å². The summed E-state index contributed by atoms with van der Waals surface area (Å²) in [4.78, 5) is 32.1. The van der Waals surface area contributed by atoms with Crippen molar-refractivity contribution in [2.45, 2.75) is 45.4 Å². The van der Waals surface area contributed by atoms with Crippen molar-refractivity contribution in [3.05, 3.63) is 51.9 Å². The molecule has 4 aliphatic rings. The maximum Gasteiger partial charge on any atom is 0.281 e. The number of carbonyl (C=O) groups is 1. The standard InChI is InChI=1S/C25H26N4O2S2/c1-14-26-21-20(19(13-33-21)18-5-3-2-4-6-18)22(30)29(14)28-24(32)27-23(31)25-10-15-7-16(11-25)9-17(8-15)12-25/h2-6,13,15-17H,7-12H2,1H3,(H2,27,28,31,32). The Hall–Kier alpha value is -2.58. The number of thiophene rings is 1. The van der Waals surface area contributed by atoms with Crippen LogP contribution in [0.5, 0.6) is 0 Å². The van der Waals surface area contributed by atoms with E-state index in [1.54, 1.807) is 6.92 Å². The van der Waals surface area contributed by atoms with Crippen LogP contribution in [0.4, 0.5) is 0 Å². The van der Waals surface area contributed by atoms with Crippen LogP contribution in [0.3, 0.4) is 0 Å². The predicted octanol–water partition coefficient (Wildman–Crippen LogP) is 4.59. The number of fused-ring (bicyclic) bond motifs is 1. The summed E-state index contributed by atoms with van der Waals surface area (Å²) in [5, 5.41) is 5.59. The quantitative estimate of drug-likeness (QED) is 0.539. The summed E-state index contributed by atoms with van der Waals surface area (Å²) in [5.41, 5.74) is 4.26. The molecule has 33 heavy (non-hydrogen) atoms. The van der Waals surface area contributed by atoms with Gasteiger partial charge >= 0.3 is 0 Å². The predicted molar refractivity (Wildman–Crippen MR) is 135 cm³/mol. The summed E-state index contributed by atoms with van der Waals surface area (Å²) in [5.74, 6) is 2.54. The first-order valence-corrected chi connectivity index (χ1v) is 12.9. The summed E-state index contributed by atoms with van der Waals surface area (Å²) in [6.07, 6.45) is 6.74. The second-order valence-corrected chi connectivity index (χ2v) is 11.4. The molecule has 0 radical (unpaired) electrons. The highest BCUT2D eigenvalue weighted by molar-refractivity contribution is 7.80. The number of nitrogens with one attached hydrogen (secondary N) is 2. The molecule has 8 heteroatoms. The summed E-state index contributed by atoms with van der Waals surface area (Å²) in [6, 6.07) is 9.81. The Balaban J connectivity index is 1.26. The molecular weight excluding hydrogens is 452 g/mol. The summed E-state index contributed by atoms with van der Waals surface area (Å²) >= 11 is 6.94. The van der Waals surface area contributed by atoms with Crippen molar-refractivity contribution in [3.8, 4) is 11.1 Å². The fraction of sp³-hybridized carbons (Fsp3) is 0.440. The average Bonchev–Trinajstić information content (AvgIpc) is 3.20. The van der Waals surface area contributed by atoms with Gasteiger partial charge in [-0.2, -0.15) is 0 Å². The third kappa shape index (κ3) is 3.51. The zero-order chi connectivity index (χ0) is 22.7. The van der Waals surface area contributed by atoms with E-state index in [0.717, 1.165) is 30.4 Å². The summed E-state index contributed by atoms with van der Waals surface area (Å²) < 4.78 is 1.35. The maximum absolute atomic E-state index is 13.4. The van der Waals surface area contributed by atoms with Gasteiger partial charge in [-0.3, -0.25) is 15.0 Å². The molecule has 6 nitrogen and oxygen atoms in total.